The van der Waals surface area contributed by atoms with Crippen LogP contribution in [-0.4, -0.2) is 13.2 Å². The van der Waals surface area contributed by atoms with Gasteiger partial charge in [0.2, 0.25) is 0 Å². The van der Waals surface area contributed by atoms with Crippen LogP contribution in [0.25, 0.3) is 22.3 Å². The van der Waals surface area contributed by atoms with Crippen molar-refractivity contribution in [3.05, 3.63) is 78.4 Å². The highest BCUT2D eigenvalue weighted by Crippen LogP contribution is 2.33. The number of benzene rings is 3. The first-order chi connectivity index (χ1) is 19.2. The van der Waals surface area contributed by atoms with E-state index >= 15 is 0 Å². The summed E-state index contributed by atoms with van der Waals surface area (Å²) >= 11 is 0. The molecule has 0 saturated carbocycles. The van der Waals surface area contributed by atoms with Crippen molar-refractivity contribution < 1.29 is 9.47 Å². The normalized spacial score (nSPS) is 12.0. The maximum Gasteiger partial charge on any atom is 0.119 e. The van der Waals surface area contributed by atoms with Gasteiger partial charge in [-0.15, -0.1) is 0 Å². The Morgan fingerprint density at radius 1 is 0.513 bits per heavy atom. The second-order valence-electron chi connectivity index (χ2n) is 10.9. The second kappa shape index (κ2) is 18.7. The van der Waals surface area contributed by atoms with Crippen LogP contribution in [0.4, 0.5) is 0 Å². The van der Waals surface area contributed by atoms with Gasteiger partial charge in [-0.2, -0.15) is 0 Å². The van der Waals surface area contributed by atoms with E-state index in [1.807, 2.05) is 0 Å². The quantitative estimate of drug-likeness (QED) is 0.136. The molecule has 0 N–H and O–H groups in total. The van der Waals surface area contributed by atoms with Crippen LogP contribution in [0.5, 0.6) is 5.75 Å². The van der Waals surface area contributed by atoms with Gasteiger partial charge in [-0.1, -0.05) is 145 Å². The molecule has 212 valence electrons. The van der Waals surface area contributed by atoms with Gasteiger partial charge in [0, 0.05) is 6.61 Å². The van der Waals surface area contributed by atoms with Gasteiger partial charge in [0.25, 0.3) is 0 Å². The van der Waals surface area contributed by atoms with E-state index in [4.69, 9.17) is 9.47 Å². The highest BCUT2D eigenvalue weighted by Gasteiger charge is 2.10. The standard InChI is InChI=1S/C37H52O2/c1-4-6-7-8-9-10-11-12-13-14-15-18-30-38-31(3)32-21-23-33(24-22-32)36-19-16-17-20-37(36)34-25-27-35(28-26-34)39-29-5-2/h16-17,19-28,31H,4-15,18,29-30H2,1-3H3. The minimum Gasteiger partial charge on any atom is -0.494 e. The maximum absolute atomic E-state index is 6.19. The zero-order chi connectivity index (χ0) is 27.5. The van der Waals surface area contributed by atoms with Crippen LogP contribution in [0.2, 0.25) is 0 Å². The van der Waals surface area contributed by atoms with E-state index in [0.717, 1.165) is 31.8 Å². The van der Waals surface area contributed by atoms with Gasteiger partial charge in [0.05, 0.1) is 12.7 Å². The molecule has 0 bridgehead atoms. The number of hydrogen-bond donors (Lipinski definition) is 0. The molecule has 2 heteroatoms. The van der Waals surface area contributed by atoms with Crippen molar-refractivity contribution in [2.75, 3.05) is 13.2 Å². The third kappa shape index (κ3) is 11.2. The van der Waals surface area contributed by atoms with E-state index in [-0.39, 0.29) is 6.10 Å². The van der Waals surface area contributed by atoms with Gasteiger partial charge >= 0.3 is 0 Å². The Morgan fingerprint density at radius 3 is 1.51 bits per heavy atom. The van der Waals surface area contributed by atoms with Gasteiger partial charge in [0.1, 0.15) is 5.75 Å². The zero-order valence-electron chi connectivity index (χ0n) is 24.9. The summed E-state index contributed by atoms with van der Waals surface area (Å²) in [5.41, 5.74) is 6.17. The molecule has 1 unspecified atom stereocenters. The highest BCUT2D eigenvalue weighted by atomic mass is 16.5. The molecule has 39 heavy (non-hydrogen) atoms. The molecule has 0 radical (unpaired) electrons. The lowest BCUT2D eigenvalue weighted by atomic mass is 9.94. The van der Waals surface area contributed by atoms with Crippen molar-refractivity contribution in [2.45, 2.75) is 110 Å². The molecule has 1 atom stereocenters. The van der Waals surface area contributed by atoms with E-state index in [2.05, 4.69) is 93.6 Å². The lowest BCUT2D eigenvalue weighted by molar-refractivity contribution is 0.0627. The summed E-state index contributed by atoms with van der Waals surface area (Å²) in [6, 6.07) is 26.0. The van der Waals surface area contributed by atoms with E-state index in [1.165, 1.54) is 98.4 Å². The van der Waals surface area contributed by atoms with Crippen LogP contribution >= 0.6 is 0 Å². The summed E-state index contributed by atoms with van der Waals surface area (Å²) in [6.45, 7) is 8.19. The molecule has 0 saturated heterocycles. The lowest BCUT2D eigenvalue weighted by Crippen LogP contribution is -2.02. The molecule has 0 heterocycles. The van der Waals surface area contributed by atoms with Crippen molar-refractivity contribution in [1.82, 2.24) is 0 Å². The Hall–Kier alpha value is -2.58. The van der Waals surface area contributed by atoms with Gasteiger partial charge in [-0.3, -0.25) is 0 Å². The topological polar surface area (TPSA) is 18.5 Å². The molecule has 0 fully saturated rings. The first-order valence-electron chi connectivity index (χ1n) is 15.8. The van der Waals surface area contributed by atoms with E-state index in [0.29, 0.717) is 0 Å². The summed E-state index contributed by atoms with van der Waals surface area (Å²) in [4.78, 5) is 0. The second-order valence-corrected chi connectivity index (χ2v) is 10.9. The highest BCUT2D eigenvalue weighted by molar-refractivity contribution is 5.83. The summed E-state index contributed by atoms with van der Waals surface area (Å²) in [5.74, 6) is 0.930. The number of unbranched alkanes of at least 4 members (excludes halogenated alkanes) is 11. The number of ether oxygens (including phenoxy) is 2. The van der Waals surface area contributed by atoms with Gasteiger partial charge in [-0.25, -0.2) is 0 Å². The molecular formula is C37H52O2. The Bertz CT molecular complexity index is 1020. The molecule has 2 nitrogen and oxygen atoms in total. The Kier molecular flexibility index (Phi) is 14.8. The molecule has 0 aliphatic carbocycles. The summed E-state index contributed by atoms with van der Waals surface area (Å²) < 4.78 is 11.9. The average Bonchev–Trinajstić information content (AvgIpc) is 2.98. The van der Waals surface area contributed by atoms with E-state index in [1.54, 1.807) is 0 Å². The van der Waals surface area contributed by atoms with Crippen molar-refractivity contribution in [1.29, 1.82) is 0 Å². The molecule has 0 amide bonds. The molecule has 0 spiro atoms. The molecule has 3 rings (SSSR count). The van der Waals surface area contributed by atoms with Gasteiger partial charge in [0.15, 0.2) is 0 Å². The number of rotatable bonds is 20. The monoisotopic (exact) mass is 528 g/mol. The number of hydrogen-bond acceptors (Lipinski definition) is 2. The Labute approximate surface area is 239 Å². The van der Waals surface area contributed by atoms with Gasteiger partial charge in [-0.05, 0) is 59.7 Å². The van der Waals surface area contributed by atoms with E-state index in [9.17, 15) is 0 Å². The Balaban J connectivity index is 1.39. The van der Waals surface area contributed by atoms with Gasteiger partial charge < -0.3 is 9.47 Å². The molecule has 0 aromatic heterocycles. The molecule has 3 aromatic carbocycles. The predicted octanol–water partition coefficient (Wildman–Crippen LogP) is 11.6. The van der Waals surface area contributed by atoms with Crippen LogP contribution in [-0.2, 0) is 4.74 Å². The van der Waals surface area contributed by atoms with Crippen molar-refractivity contribution in [3.63, 3.8) is 0 Å². The average molecular weight is 529 g/mol. The van der Waals surface area contributed by atoms with Crippen LogP contribution in [0.1, 0.15) is 116 Å². The molecule has 0 aliphatic heterocycles. The molecular weight excluding hydrogens is 476 g/mol. The SMILES string of the molecule is CCCCCCCCCCCCCCOC(C)c1ccc(-c2ccccc2-c2ccc(OCCC)cc2)cc1. The smallest absolute Gasteiger partial charge is 0.119 e. The lowest BCUT2D eigenvalue weighted by Gasteiger charge is -2.15. The van der Waals surface area contributed by atoms with Crippen molar-refractivity contribution in [2.24, 2.45) is 0 Å². The van der Waals surface area contributed by atoms with Crippen LogP contribution in [0.3, 0.4) is 0 Å². The zero-order valence-corrected chi connectivity index (χ0v) is 24.9. The minimum absolute atomic E-state index is 0.123. The summed E-state index contributed by atoms with van der Waals surface area (Å²) in [7, 11) is 0. The fourth-order valence-electron chi connectivity index (χ4n) is 5.17. The summed E-state index contributed by atoms with van der Waals surface area (Å²) in [5, 5.41) is 0. The molecule has 0 aliphatic rings. The van der Waals surface area contributed by atoms with Crippen LogP contribution < -0.4 is 4.74 Å². The molecule has 3 aromatic rings. The first kappa shape index (κ1) is 31.0. The fourth-order valence-corrected chi connectivity index (χ4v) is 5.17. The third-order valence-corrected chi connectivity index (χ3v) is 7.62. The minimum atomic E-state index is 0.123. The largest absolute Gasteiger partial charge is 0.494 e. The predicted molar refractivity (Wildman–Crippen MR) is 169 cm³/mol. The van der Waals surface area contributed by atoms with Crippen LogP contribution in [0.15, 0.2) is 72.8 Å². The Morgan fingerprint density at radius 2 is 1.00 bits per heavy atom. The maximum atomic E-state index is 6.19. The first-order valence-corrected chi connectivity index (χ1v) is 15.8. The van der Waals surface area contributed by atoms with Crippen LogP contribution in [0, 0.1) is 0 Å². The summed E-state index contributed by atoms with van der Waals surface area (Å²) in [6.07, 6.45) is 17.6. The third-order valence-electron chi connectivity index (χ3n) is 7.62. The van der Waals surface area contributed by atoms with E-state index < -0.39 is 0 Å². The van der Waals surface area contributed by atoms with Crippen molar-refractivity contribution >= 4 is 0 Å². The fraction of sp³-hybridized carbons (Fsp3) is 0.514. The van der Waals surface area contributed by atoms with Crippen molar-refractivity contribution in [3.8, 4) is 28.0 Å².